The highest BCUT2D eigenvalue weighted by atomic mass is 16.5. The van der Waals surface area contributed by atoms with Crippen molar-refractivity contribution in [2.24, 2.45) is 0 Å². The summed E-state index contributed by atoms with van der Waals surface area (Å²) in [6.45, 7) is 5.68. The number of nitrogens with one attached hydrogen (secondary N) is 1. The quantitative estimate of drug-likeness (QED) is 0.829. The molecule has 1 aromatic rings. The summed E-state index contributed by atoms with van der Waals surface area (Å²) < 4.78 is 5.81. The summed E-state index contributed by atoms with van der Waals surface area (Å²) in [6.07, 6.45) is 2.27. The SMILES string of the molecule is CCN(C(=O)COc1c(C)cccc1CNC)C1CC1. The number of rotatable bonds is 7. The lowest BCUT2D eigenvalue weighted by Gasteiger charge is -2.21. The third-order valence-electron chi connectivity index (χ3n) is 3.65. The largest absolute Gasteiger partial charge is 0.483 e. The van der Waals surface area contributed by atoms with Crippen molar-refractivity contribution >= 4 is 5.91 Å². The van der Waals surface area contributed by atoms with E-state index in [2.05, 4.69) is 5.32 Å². The first-order chi connectivity index (χ1) is 9.67. The summed E-state index contributed by atoms with van der Waals surface area (Å²) in [4.78, 5) is 14.1. The van der Waals surface area contributed by atoms with E-state index >= 15 is 0 Å². The first kappa shape index (κ1) is 14.9. The van der Waals surface area contributed by atoms with E-state index in [1.54, 1.807) is 0 Å². The fourth-order valence-corrected chi connectivity index (χ4v) is 2.49. The minimum absolute atomic E-state index is 0.0914. The Hall–Kier alpha value is -1.55. The molecule has 1 aromatic carbocycles. The van der Waals surface area contributed by atoms with E-state index in [1.165, 1.54) is 0 Å². The summed E-state index contributed by atoms with van der Waals surface area (Å²) in [5, 5.41) is 3.13. The van der Waals surface area contributed by atoms with Crippen LogP contribution in [0.3, 0.4) is 0 Å². The molecule has 1 aliphatic rings. The monoisotopic (exact) mass is 276 g/mol. The molecule has 1 amide bonds. The number of benzene rings is 1. The van der Waals surface area contributed by atoms with Crippen LogP contribution in [-0.4, -0.2) is 37.0 Å². The average Bonchev–Trinajstić information content (AvgIpc) is 3.24. The van der Waals surface area contributed by atoms with Crippen LogP contribution in [-0.2, 0) is 11.3 Å². The Morgan fingerprint density at radius 2 is 2.20 bits per heavy atom. The topological polar surface area (TPSA) is 41.6 Å². The number of nitrogens with zero attached hydrogens (tertiary/aromatic N) is 1. The van der Waals surface area contributed by atoms with Crippen LogP contribution >= 0.6 is 0 Å². The smallest absolute Gasteiger partial charge is 0.260 e. The molecule has 0 saturated heterocycles. The lowest BCUT2D eigenvalue weighted by atomic mass is 10.1. The van der Waals surface area contributed by atoms with Gasteiger partial charge in [-0.25, -0.2) is 0 Å². The minimum Gasteiger partial charge on any atom is -0.483 e. The molecule has 110 valence electrons. The molecule has 0 bridgehead atoms. The van der Waals surface area contributed by atoms with E-state index in [4.69, 9.17) is 4.74 Å². The van der Waals surface area contributed by atoms with Crippen LogP contribution in [0, 0.1) is 6.92 Å². The second-order valence-corrected chi connectivity index (χ2v) is 5.29. The molecule has 1 N–H and O–H groups in total. The predicted molar refractivity (Wildman–Crippen MR) is 79.8 cm³/mol. The molecule has 4 nitrogen and oxygen atoms in total. The Kier molecular flexibility index (Phi) is 5.01. The normalized spacial score (nSPS) is 14.2. The standard InChI is InChI=1S/C16H24N2O2/c1-4-18(14-8-9-14)15(19)11-20-16-12(2)6-5-7-13(16)10-17-3/h5-7,14,17H,4,8-11H2,1-3H3. The summed E-state index contributed by atoms with van der Waals surface area (Å²) in [7, 11) is 1.91. The van der Waals surface area contributed by atoms with Crippen molar-refractivity contribution in [2.45, 2.75) is 39.3 Å². The molecule has 1 fully saturated rings. The van der Waals surface area contributed by atoms with Gasteiger partial charge < -0.3 is 15.0 Å². The van der Waals surface area contributed by atoms with Crippen LogP contribution in [0.4, 0.5) is 0 Å². The lowest BCUT2D eigenvalue weighted by Crippen LogP contribution is -2.36. The van der Waals surface area contributed by atoms with Crippen molar-refractivity contribution in [3.05, 3.63) is 29.3 Å². The average molecular weight is 276 g/mol. The molecule has 0 unspecified atom stereocenters. The first-order valence-electron chi connectivity index (χ1n) is 7.32. The second kappa shape index (κ2) is 6.75. The Morgan fingerprint density at radius 1 is 1.45 bits per heavy atom. The van der Waals surface area contributed by atoms with Crippen LogP contribution < -0.4 is 10.1 Å². The molecular formula is C16H24N2O2. The van der Waals surface area contributed by atoms with Gasteiger partial charge in [0.15, 0.2) is 6.61 Å². The highest BCUT2D eigenvalue weighted by Crippen LogP contribution is 2.27. The highest BCUT2D eigenvalue weighted by molar-refractivity contribution is 5.78. The second-order valence-electron chi connectivity index (χ2n) is 5.29. The van der Waals surface area contributed by atoms with Crippen LogP contribution in [0.5, 0.6) is 5.75 Å². The zero-order valence-electron chi connectivity index (χ0n) is 12.6. The fraction of sp³-hybridized carbons (Fsp3) is 0.562. The lowest BCUT2D eigenvalue weighted by molar-refractivity contribution is -0.133. The zero-order valence-corrected chi connectivity index (χ0v) is 12.6. The first-order valence-corrected chi connectivity index (χ1v) is 7.32. The van der Waals surface area contributed by atoms with Gasteiger partial charge in [0.25, 0.3) is 5.91 Å². The summed E-state index contributed by atoms with van der Waals surface area (Å²) in [6, 6.07) is 6.50. The van der Waals surface area contributed by atoms with Crippen LogP contribution in [0.2, 0.25) is 0 Å². The number of ether oxygens (including phenoxy) is 1. The molecule has 0 aromatic heterocycles. The molecule has 4 heteroatoms. The van der Waals surface area contributed by atoms with E-state index in [0.717, 1.165) is 42.8 Å². The molecule has 0 radical (unpaired) electrons. The third kappa shape index (κ3) is 3.51. The van der Waals surface area contributed by atoms with Crippen LogP contribution in [0.25, 0.3) is 0 Å². The molecule has 0 spiro atoms. The number of amides is 1. The summed E-state index contributed by atoms with van der Waals surface area (Å²) >= 11 is 0. The van der Waals surface area contributed by atoms with Crippen molar-refractivity contribution in [1.82, 2.24) is 10.2 Å². The van der Waals surface area contributed by atoms with Gasteiger partial charge in [0.2, 0.25) is 0 Å². The fourth-order valence-electron chi connectivity index (χ4n) is 2.49. The van der Waals surface area contributed by atoms with Gasteiger partial charge in [-0.3, -0.25) is 4.79 Å². The summed E-state index contributed by atoms with van der Waals surface area (Å²) in [5.41, 5.74) is 2.16. The summed E-state index contributed by atoms with van der Waals surface area (Å²) in [5.74, 6) is 0.927. The van der Waals surface area contributed by atoms with E-state index in [-0.39, 0.29) is 12.5 Å². The van der Waals surface area contributed by atoms with Gasteiger partial charge in [0.1, 0.15) is 5.75 Å². The van der Waals surface area contributed by atoms with Crippen LogP contribution in [0.15, 0.2) is 18.2 Å². The number of para-hydroxylation sites is 1. The number of hydrogen-bond acceptors (Lipinski definition) is 3. The maximum atomic E-state index is 12.2. The Labute approximate surface area is 121 Å². The third-order valence-corrected chi connectivity index (χ3v) is 3.65. The van der Waals surface area contributed by atoms with Gasteiger partial charge in [-0.2, -0.15) is 0 Å². The van der Waals surface area contributed by atoms with Crippen molar-refractivity contribution in [3.63, 3.8) is 0 Å². The van der Waals surface area contributed by atoms with Gasteiger partial charge in [-0.15, -0.1) is 0 Å². The molecule has 1 saturated carbocycles. The highest BCUT2D eigenvalue weighted by Gasteiger charge is 2.31. The number of carbonyl (C=O) groups is 1. The maximum absolute atomic E-state index is 12.2. The Morgan fingerprint density at radius 3 is 2.80 bits per heavy atom. The molecule has 0 heterocycles. The van der Waals surface area contributed by atoms with Gasteiger partial charge in [-0.1, -0.05) is 18.2 Å². The maximum Gasteiger partial charge on any atom is 0.260 e. The van der Waals surface area contributed by atoms with Crippen molar-refractivity contribution in [3.8, 4) is 5.75 Å². The molecular weight excluding hydrogens is 252 g/mol. The van der Waals surface area contributed by atoms with E-state index in [1.807, 2.05) is 44.0 Å². The minimum atomic E-state index is 0.0914. The number of aryl methyl sites for hydroxylation is 1. The van der Waals surface area contributed by atoms with Gasteiger partial charge in [0.05, 0.1) is 0 Å². The molecule has 1 aliphatic carbocycles. The Bertz CT molecular complexity index is 470. The zero-order chi connectivity index (χ0) is 14.5. The molecule has 20 heavy (non-hydrogen) atoms. The van der Waals surface area contributed by atoms with Gasteiger partial charge >= 0.3 is 0 Å². The Balaban J connectivity index is 2.00. The predicted octanol–water partition coefficient (Wildman–Crippen LogP) is 2.10. The van der Waals surface area contributed by atoms with Crippen molar-refractivity contribution in [2.75, 3.05) is 20.2 Å². The molecule has 0 aliphatic heterocycles. The van der Waals surface area contributed by atoms with E-state index < -0.39 is 0 Å². The van der Waals surface area contributed by atoms with Crippen molar-refractivity contribution in [1.29, 1.82) is 0 Å². The number of hydrogen-bond donors (Lipinski definition) is 1. The van der Waals surface area contributed by atoms with E-state index in [0.29, 0.717) is 6.04 Å². The van der Waals surface area contributed by atoms with E-state index in [9.17, 15) is 4.79 Å². The molecule has 0 atom stereocenters. The van der Waals surface area contributed by atoms with Crippen LogP contribution in [0.1, 0.15) is 30.9 Å². The number of likely N-dealkylation sites (N-methyl/N-ethyl adjacent to an activating group) is 1. The number of carbonyl (C=O) groups excluding carboxylic acids is 1. The van der Waals surface area contributed by atoms with Gasteiger partial charge in [-0.05, 0) is 39.3 Å². The molecule has 2 rings (SSSR count). The van der Waals surface area contributed by atoms with Crippen molar-refractivity contribution < 1.29 is 9.53 Å². The van der Waals surface area contributed by atoms with Gasteiger partial charge in [0, 0.05) is 24.7 Å².